The fraction of sp³-hybridized carbons (Fsp3) is 0.923. The van der Waals surface area contributed by atoms with Gasteiger partial charge >= 0.3 is 6.03 Å². The standard InChI is InChI=1S/C13H23N5O/c14-17-16-8-3-7-15-13(19)18-9-6-11-4-1-2-5-12(11)10-18/h11-12H,1-10H2,(H,15,19). The van der Waals surface area contributed by atoms with E-state index in [1.807, 2.05) is 4.90 Å². The molecule has 2 rings (SSSR count). The monoisotopic (exact) mass is 265 g/mol. The summed E-state index contributed by atoms with van der Waals surface area (Å²) >= 11 is 0. The molecule has 1 saturated carbocycles. The summed E-state index contributed by atoms with van der Waals surface area (Å²) in [5.74, 6) is 1.57. The van der Waals surface area contributed by atoms with E-state index in [0.29, 0.717) is 19.5 Å². The Balaban J connectivity index is 1.69. The van der Waals surface area contributed by atoms with Gasteiger partial charge in [-0.15, -0.1) is 0 Å². The van der Waals surface area contributed by atoms with E-state index in [2.05, 4.69) is 15.3 Å². The molecule has 106 valence electrons. The smallest absolute Gasteiger partial charge is 0.317 e. The van der Waals surface area contributed by atoms with E-state index in [0.717, 1.165) is 31.3 Å². The molecule has 2 unspecified atom stereocenters. The van der Waals surface area contributed by atoms with Crippen LogP contribution in [-0.4, -0.2) is 37.1 Å². The summed E-state index contributed by atoms with van der Waals surface area (Å²) in [6.07, 6.45) is 7.19. The summed E-state index contributed by atoms with van der Waals surface area (Å²) in [7, 11) is 0. The number of nitrogens with one attached hydrogen (secondary N) is 1. The van der Waals surface area contributed by atoms with Gasteiger partial charge in [-0.05, 0) is 36.6 Å². The van der Waals surface area contributed by atoms with E-state index in [9.17, 15) is 4.79 Å². The summed E-state index contributed by atoms with van der Waals surface area (Å²) in [6, 6.07) is 0.0463. The number of amides is 2. The minimum absolute atomic E-state index is 0.0463. The molecule has 1 N–H and O–H groups in total. The molecule has 1 heterocycles. The van der Waals surface area contributed by atoms with Gasteiger partial charge < -0.3 is 10.2 Å². The predicted octanol–water partition coefficient (Wildman–Crippen LogP) is 2.91. The molecule has 19 heavy (non-hydrogen) atoms. The molecule has 0 aromatic rings. The second kappa shape index (κ2) is 7.24. The fourth-order valence-corrected chi connectivity index (χ4v) is 3.29. The van der Waals surface area contributed by atoms with E-state index in [1.54, 1.807) is 0 Å². The van der Waals surface area contributed by atoms with Crippen LogP contribution in [0, 0.1) is 11.8 Å². The Hall–Kier alpha value is -1.42. The SMILES string of the molecule is [N-]=[N+]=NCCCNC(=O)N1CCC2CCCCC2C1. The van der Waals surface area contributed by atoms with Crippen molar-refractivity contribution in [2.24, 2.45) is 17.0 Å². The number of azide groups is 1. The lowest BCUT2D eigenvalue weighted by Gasteiger charge is -2.41. The number of nitrogens with zero attached hydrogens (tertiary/aromatic N) is 4. The summed E-state index contributed by atoms with van der Waals surface area (Å²) in [5, 5.41) is 6.36. The highest BCUT2D eigenvalue weighted by molar-refractivity contribution is 5.74. The van der Waals surface area contributed by atoms with Crippen LogP contribution < -0.4 is 5.32 Å². The van der Waals surface area contributed by atoms with Crippen molar-refractivity contribution in [1.82, 2.24) is 10.2 Å². The van der Waals surface area contributed by atoms with Crippen LogP contribution in [-0.2, 0) is 0 Å². The Morgan fingerprint density at radius 3 is 2.89 bits per heavy atom. The lowest BCUT2D eigenvalue weighted by atomic mass is 9.75. The first-order valence-corrected chi connectivity index (χ1v) is 7.35. The predicted molar refractivity (Wildman–Crippen MR) is 73.7 cm³/mol. The Morgan fingerprint density at radius 2 is 2.11 bits per heavy atom. The highest BCUT2D eigenvalue weighted by atomic mass is 16.2. The van der Waals surface area contributed by atoms with Crippen molar-refractivity contribution in [1.29, 1.82) is 0 Å². The van der Waals surface area contributed by atoms with E-state index in [1.165, 1.54) is 25.7 Å². The number of carbonyl (C=O) groups excluding carboxylic acids is 1. The van der Waals surface area contributed by atoms with Gasteiger partial charge in [-0.3, -0.25) is 0 Å². The maximum atomic E-state index is 12.0. The minimum atomic E-state index is 0.0463. The van der Waals surface area contributed by atoms with Gasteiger partial charge in [0, 0.05) is 31.1 Å². The Kier molecular flexibility index (Phi) is 5.33. The highest BCUT2D eigenvalue weighted by Crippen LogP contribution is 2.35. The zero-order valence-electron chi connectivity index (χ0n) is 11.4. The third-order valence-corrected chi connectivity index (χ3v) is 4.35. The van der Waals surface area contributed by atoms with Crippen LogP contribution in [0.4, 0.5) is 4.79 Å². The van der Waals surface area contributed by atoms with Crippen LogP contribution in [0.3, 0.4) is 0 Å². The zero-order chi connectivity index (χ0) is 13.5. The van der Waals surface area contributed by atoms with Crippen molar-refractivity contribution in [3.63, 3.8) is 0 Å². The zero-order valence-corrected chi connectivity index (χ0v) is 11.4. The summed E-state index contributed by atoms with van der Waals surface area (Å²) < 4.78 is 0. The number of hydrogen-bond acceptors (Lipinski definition) is 2. The fourth-order valence-electron chi connectivity index (χ4n) is 3.29. The second-order valence-electron chi connectivity index (χ2n) is 5.58. The first-order valence-electron chi connectivity index (χ1n) is 7.35. The topological polar surface area (TPSA) is 81.1 Å². The van der Waals surface area contributed by atoms with E-state index >= 15 is 0 Å². The van der Waals surface area contributed by atoms with Crippen molar-refractivity contribution in [3.05, 3.63) is 10.4 Å². The van der Waals surface area contributed by atoms with E-state index < -0.39 is 0 Å². The molecule has 2 aliphatic rings. The van der Waals surface area contributed by atoms with Crippen molar-refractivity contribution in [2.75, 3.05) is 26.2 Å². The van der Waals surface area contributed by atoms with Crippen LogP contribution in [0.5, 0.6) is 0 Å². The third kappa shape index (κ3) is 4.03. The third-order valence-electron chi connectivity index (χ3n) is 4.35. The number of rotatable bonds is 4. The molecule has 1 aliphatic carbocycles. The van der Waals surface area contributed by atoms with Gasteiger partial charge in [-0.2, -0.15) is 0 Å². The number of carbonyl (C=O) groups is 1. The van der Waals surface area contributed by atoms with Crippen LogP contribution in [0.15, 0.2) is 5.11 Å². The van der Waals surface area contributed by atoms with Gasteiger partial charge in [0.05, 0.1) is 0 Å². The maximum Gasteiger partial charge on any atom is 0.317 e. The summed E-state index contributed by atoms with van der Waals surface area (Å²) in [5.41, 5.74) is 8.15. The van der Waals surface area contributed by atoms with Gasteiger partial charge in [-0.1, -0.05) is 24.4 Å². The van der Waals surface area contributed by atoms with Crippen LogP contribution in [0.2, 0.25) is 0 Å². The molecule has 6 heteroatoms. The van der Waals surface area contributed by atoms with Gasteiger partial charge in [-0.25, -0.2) is 4.79 Å². The number of fused-ring (bicyclic) bond motifs is 1. The average molecular weight is 265 g/mol. The first kappa shape index (κ1) is 14.0. The largest absolute Gasteiger partial charge is 0.338 e. The number of urea groups is 1. The lowest BCUT2D eigenvalue weighted by molar-refractivity contribution is 0.102. The first-order chi connectivity index (χ1) is 9.31. The molecule has 2 amide bonds. The van der Waals surface area contributed by atoms with Crippen molar-refractivity contribution < 1.29 is 4.79 Å². The normalized spacial score (nSPS) is 26.2. The molecule has 0 radical (unpaired) electrons. The number of hydrogen-bond donors (Lipinski definition) is 1. The number of likely N-dealkylation sites (tertiary alicyclic amines) is 1. The Morgan fingerprint density at radius 1 is 1.32 bits per heavy atom. The number of piperidine rings is 1. The Labute approximate surface area is 114 Å². The highest BCUT2D eigenvalue weighted by Gasteiger charge is 2.32. The van der Waals surface area contributed by atoms with Gasteiger partial charge in [0.15, 0.2) is 0 Å². The van der Waals surface area contributed by atoms with Crippen LogP contribution in [0.25, 0.3) is 10.4 Å². The molecular weight excluding hydrogens is 242 g/mol. The van der Waals surface area contributed by atoms with Crippen molar-refractivity contribution >= 4 is 6.03 Å². The molecular formula is C13H23N5O. The Bertz CT molecular complexity index is 353. The van der Waals surface area contributed by atoms with Gasteiger partial charge in [0.2, 0.25) is 0 Å². The molecule has 6 nitrogen and oxygen atoms in total. The van der Waals surface area contributed by atoms with E-state index in [4.69, 9.17) is 5.53 Å². The molecule has 0 aromatic heterocycles. The molecule has 1 saturated heterocycles. The average Bonchev–Trinajstić information content (AvgIpc) is 2.46. The molecule has 0 aromatic carbocycles. The van der Waals surface area contributed by atoms with Crippen LogP contribution in [0.1, 0.15) is 38.5 Å². The lowest BCUT2D eigenvalue weighted by Crippen LogP contribution is -2.48. The van der Waals surface area contributed by atoms with Crippen molar-refractivity contribution in [2.45, 2.75) is 38.5 Å². The minimum Gasteiger partial charge on any atom is -0.338 e. The molecule has 1 aliphatic heterocycles. The second-order valence-corrected chi connectivity index (χ2v) is 5.58. The summed E-state index contributed by atoms with van der Waals surface area (Å²) in [4.78, 5) is 16.7. The van der Waals surface area contributed by atoms with Gasteiger partial charge in [0.25, 0.3) is 0 Å². The molecule has 0 spiro atoms. The summed E-state index contributed by atoms with van der Waals surface area (Å²) in [6.45, 7) is 2.85. The van der Waals surface area contributed by atoms with Crippen molar-refractivity contribution in [3.8, 4) is 0 Å². The van der Waals surface area contributed by atoms with Gasteiger partial charge in [0.1, 0.15) is 0 Å². The molecule has 0 bridgehead atoms. The van der Waals surface area contributed by atoms with Crippen LogP contribution >= 0.6 is 0 Å². The quantitative estimate of drug-likeness (QED) is 0.360. The molecule has 2 atom stereocenters. The molecule has 2 fully saturated rings. The van der Waals surface area contributed by atoms with E-state index in [-0.39, 0.29) is 6.03 Å². The maximum absolute atomic E-state index is 12.0.